The Labute approximate surface area is 102 Å². The first-order valence-electron chi connectivity index (χ1n) is 4.83. The summed E-state index contributed by atoms with van der Waals surface area (Å²) in [6.07, 6.45) is 1.10. The van der Waals surface area contributed by atoms with E-state index in [0.29, 0.717) is 0 Å². The Bertz CT molecular complexity index is 687. The van der Waals surface area contributed by atoms with Gasteiger partial charge in [-0.25, -0.2) is 13.4 Å². The number of non-ortho nitro benzene ring substituents is 1. The highest BCUT2D eigenvalue weighted by molar-refractivity contribution is 7.91. The lowest BCUT2D eigenvalue weighted by Gasteiger charge is -1.99. The molecule has 0 aliphatic heterocycles. The third-order valence-corrected chi connectivity index (χ3v) is 3.83. The number of aryl methyl sites for hydroxylation is 1. The van der Waals surface area contributed by atoms with Gasteiger partial charge in [0.1, 0.15) is 0 Å². The maximum Gasteiger partial charge on any atom is 0.269 e. The third-order valence-electron chi connectivity index (χ3n) is 2.22. The molecule has 1 aromatic carbocycles. The van der Waals surface area contributed by atoms with Crippen LogP contribution in [-0.2, 0) is 9.84 Å². The number of sulfone groups is 1. The zero-order chi connectivity index (χ0) is 13.3. The summed E-state index contributed by atoms with van der Waals surface area (Å²) in [4.78, 5) is 13.5. The van der Waals surface area contributed by atoms with Crippen molar-refractivity contribution < 1.29 is 17.8 Å². The molecule has 0 amide bonds. The molecule has 0 unspecified atom stereocenters. The lowest BCUT2D eigenvalue weighted by Crippen LogP contribution is -2.00. The number of oxazole rings is 1. The van der Waals surface area contributed by atoms with E-state index >= 15 is 0 Å². The van der Waals surface area contributed by atoms with Gasteiger partial charge in [-0.1, -0.05) is 0 Å². The minimum Gasteiger partial charge on any atom is -0.429 e. The molecular weight excluding hydrogens is 260 g/mol. The first kappa shape index (κ1) is 12.2. The highest BCUT2D eigenvalue weighted by Crippen LogP contribution is 2.23. The lowest BCUT2D eigenvalue weighted by atomic mass is 10.3. The Hall–Kier alpha value is -2.22. The number of hydrogen-bond donors (Lipinski definition) is 0. The van der Waals surface area contributed by atoms with E-state index in [1.54, 1.807) is 0 Å². The normalized spacial score (nSPS) is 11.4. The van der Waals surface area contributed by atoms with Gasteiger partial charge in [-0.2, -0.15) is 0 Å². The molecule has 1 aromatic heterocycles. The average molecular weight is 268 g/mol. The highest BCUT2D eigenvalue weighted by atomic mass is 32.2. The summed E-state index contributed by atoms with van der Waals surface area (Å²) in [5.74, 6) is 0.232. The van der Waals surface area contributed by atoms with Crippen molar-refractivity contribution in [2.24, 2.45) is 0 Å². The Kier molecular flexibility index (Phi) is 2.87. The van der Waals surface area contributed by atoms with Crippen molar-refractivity contribution in [2.45, 2.75) is 16.9 Å². The summed E-state index contributed by atoms with van der Waals surface area (Å²) in [5.41, 5.74) is -0.178. The molecule has 2 rings (SSSR count). The van der Waals surface area contributed by atoms with Crippen LogP contribution < -0.4 is 0 Å². The molecule has 0 aliphatic rings. The minimum absolute atomic E-state index is 0.0794. The van der Waals surface area contributed by atoms with E-state index in [2.05, 4.69) is 4.98 Å². The summed E-state index contributed by atoms with van der Waals surface area (Å²) in [7, 11) is -3.81. The van der Waals surface area contributed by atoms with E-state index in [4.69, 9.17) is 4.42 Å². The minimum atomic E-state index is -3.81. The van der Waals surface area contributed by atoms with Gasteiger partial charge in [0.05, 0.1) is 16.0 Å². The Morgan fingerprint density at radius 1 is 1.28 bits per heavy atom. The van der Waals surface area contributed by atoms with E-state index in [0.717, 1.165) is 30.5 Å². The van der Waals surface area contributed by atoms with Crippen molar-refractivity contribution >= 4 is 15.5 Å². The van der Waals surface area contributed by atoms with Crippen molar-refractivity contribution in [2.75, 3.05) is 0 Å². The van der Waals surface area contributed by atoms with Crippen LogP contribution in [0.25, 0.3) is 0 Å². The molecule has 0 spiro atoms. The van der Waals surface area contributed by atoms with Gasteiger partial charge in [0.2, 0.25) is 14.9 Å². The van der Waals surface area contributed by atoms with Crippen LogP contribution in [0.1, 0.15) is 5.89 Å². The van der Waals surface area contributed by atoms with Crippen molar-refractivity contribution in [1.82, 2.24) is 4.98 Å². The quantitative estimate of drug-likeness (QED) is 0.620. The second-order valence-electron chi connectivity index (χ2n) is 3.45. The van der Waals surface area contributed by atoms with E-state index in [9.17, 15) is 18.5 Å². The highest BCUT2D eigenvalue weighted by Gasteiger charge is 2.22. The van der Waals surface area contributed by atoms with Gasteiger partial charge in [0, 0.05) is 19.1 Å². The molecule has 1 heterocycles. The van der Waals surface area contributed by atoms with Gasteiger partial charge in [0.25, 0.3) is 5.69 Å². The molecule has 0 atom stereocenters. The van der Waals surface area contributed by atoms with Crippen LogP contribution in [0.3, 0.4) is 0 Å². The van der Waals surface area contributed by atoms with E-state index in [1.807, 2.05) is 0 Å². The van der Waals surface area contributed by atoms with Crippen molar-refractivity contribution in [3.63, 3.8) is 0 Å². The number of nitro benzene ring substituents is 1. The van der Waals surface area contributed by atoms with Crippen LogP contribution in [0, 0.1) is 17.0 Å². The van der Waals surface area contributed by atoms with Crippen LogP contribution >= 0.6 is 0 Å². The van der Waals surface area contributed by atoms with Crippen molar-refractivity contribution in [1.29, 1.82) is 0 Å². The van der Waals surface area contributed by atoms with Crippen molar-refractivity contribution in [3.8, 4) is 0 Å². The Morgan fingerprint density at radius 3 is 2.33 bits per heavy atom. The fourth-order valence-corrected chi connectivity index (χ4v) is 2.48. The van der Waals surface area contributed by atoms with Crippen LogP contribution in [0.5, 0.6) is 0 Å². The van der Waals surface area contributed by atoms with Crippen LogP contribution in [0.4, 0.5) is 5.69 Å². The number of benzene rings is 1. The molecule has 0 fully saturated rings. The largest absolute Gasteiger partial charge is 0.429 e. The topological polar surface area (TPSA) is 103 Å². The molecule has 94 valence electrons. The number of rotatable bonds is 3. The average Bonchev–Trinajstić information content (AvgIpc) is 2.76. The molecule has 0 saturated carbocycles. The SMILES string of the molecule is Cc1ncc(S(=O)(=O)c2ccc([N+](=O)[O-])cc2)o1. The number of hydrogen-bond acceptors (Lipinski definition) is 6. The van der Waals surface area contributed by atoms with E-state index in [1.165, 1.54) is 6.92 Å². The molecule has 7 nitrogen and oxygen atoms in total. The van der Waals surface area contributed by atoms with Gasteiger partial charge < -0.3 is 4.42 Å². The van der Waals surface area contributed by atoms with E-state index in [-0.39, 0.29) is 21.6 Å². The third kappa shape index (κ3) is 2.09. The zero-order valence-electron chi connectivity index (χ0n) is 9.23. The molecule has 2 aromatic rings. The molecule has 0 saturated heterocycles. The molecule has 0 bridgehead atoms. The summed E-state index contributed by atoms with van der Waals surface area (Å²) in [5, 5.41) is 10.2. The number of aromatic nitrogens is 1. The molecule has 0 radical (unpaired) electrons. The standard InChI is InChI=1S/C10H8N2O5S/c1-7-11-6-10(17-7)18(15,16)9-4-2-8(3-5-9)12(13)14/h2-6H,1H3. The lowest BCUT2D eigenvalue weighted by molar-refractivity contribution is -0.384. The first-order valence-corrected chi connectivity index (χ1v) is 6.31. The van der Waals surface area contributed by atoms with Crippen LogP contribution in [-0.4, -0.2) is 18.3 Å². The van der Waals surface area contributed by atoms with Gasteiger partial charge >= 0.3 is 0 Å². The van der Waals surface area contributed by atoms with Gasteiger partial charge in [-0.05, 0) is 12.1 Å². The number of nitro groups is 1. The molecule has 8 heteroatoms. The van der Waals surface area contributed by atoms with Crippen LogP contribution in [0.2, 0.25) is 0 Å². The predicted molar refractivity (Wildman–Crippen MR) is 59.8 cm³/mol. The maximum atomic E-state index is 12.0. The van der Waals surface area contributed by atoms with Gasteiger partial charge in [-0.3, -0.25) is 10.1 Å². The second kappa shape index (κ2) is 4.22. The van der Waals surface area contributed by atoms with Crippen LogP contribution in [0.15, 0.2) is 44.9 Å². The molecule has 0 aliphatic carbocycles. The summed E-state index contributed by atoms with van der Waals surface area (Å²) in [6.45, 7) is 1.52. The van der Waals surface area contributed by atoms with Gasteiger partial charge in [-0.15, -0.1) is 0 Å². The summed E-state index contributed by atoms with van der Waals surface area (Å²) >= 11 is 0. The molecule has 18 heavy (non-hydrogen) atoms. The zero-order valence-corrected chi connectivity index (χ0v) is 10.0. The van der Waals surface area contributed by atoms with Gasteiger partial charge in [0.15, 0.2) is 5.89 Å². The Balaban J connectivity index is 2.45. The first-order chi connectivity index (χ1) is 8.41. The fraction of sp³-hybridized carbons (Fsp3) is 0.100. The smallest absolute Gasteiger partial charge is 0.269 e. The monoisotopic (exact) mass is 268 g/mol. The molecule has 0 N–H and O–H groups in total. The fourth-order valence-electron chi connectivity index (χ4n) is 1.33. The summed E-state index contributed by atoms with van der Waals surface area (Å²) < 4.78 is 29.0. The second-order valence-corrected chi connectivity index (χ2v) is 5.33. The Morgan fingerprint density at radius 2 is 1.89 bits per heavy atom. The summed E-state index contributed by atoms with van der Waals surface area (Å²) in [6, 6.07) is 4.56. The van der Waals surface area contributed by atoms with Crippen molar-refractivity contribution in [3.05, 3.63) is 46.5 Å². The van der Waals surface area contributed by atoms with E-state index < -0.39 is 14.8 Å². The predicted octanol–water partition coefficient (Wildman–Crippen LogP) is 1.72. The molecular formula is C10H8N2O5S. The maximum absolute atomic E-state index is 12.0. The number of nitrogens with zero attached hydrogens (tertiary/aromatic N) is 2.